The molecule has 2 amide bonds. The van der Waals surface area contributed by atoms with Gasteiger partial charge in [0.05, 0.1) is 22.6 Å². The molecule has 0 fully saturated rings. The second kappa shape index (κ2) is 9.86. The van der Waals surface area contributed by atoms with Crippen molar-refractivity contribution in [3.63, 3.8) is 0 Å². The second-order valence-corrected chi connectivity index (χ2v) is 8.10. The molecule has 10 heteroatoms. The van der Waals surface area contributed by atoms with Crippen LogP contribution < -0.4 is 10.6 Å². The van der Waals surface area contributed by atoms with Gasteiger partial charge in [0, 0.05) is 11.4 Å². The lowest BCUT2D eigenvalue weighted by Crippen LogP contribution is -2.40. The first-order valence-corrected chi connectivity index (χ1v) is 9.57. The number of rotatable bonds is 8. The van der Waals surface area contributed by atoms with Crippen molar-refractivity contribution in [2.45, 2.75) is 13.5 Å². The number of nitrogens with zero attached hydrogens (tertiary/aromatic N) is 1. The summed E-state index contributed by atoms with van der Waals surface area (Å²) in [5.74, 6) is -5.65. The Morgan fingerprint density at radius 2 is 1.85 bits per heavy atom. The van der Waals surface area contributed by atoms with Crippen LogP contribution in [-0.2, 0) is 16.1 Å². The van der Waals surface area contributed by atoms with Crippen molar-refractivity contribution in [1.29, 1.82) is 0 Å². The van der Waals surface area contributed by atoms with E-state index in [1.54, 1.807) is 11.3 Å². The van der Waals surface area contributed by atoms with Crippen molar-refractivity contribution in [3.05, 3.63) is 50.4 Å². The zero-order chi connectivity index (χ0) is 20.0. The van der Waals surface area contributed by atoms with E-state index in [2.05, 4.69) is 26.6 Å². The van der Waals surface area contributed by atoms with E-state index in [9.17, 15) is 22.8 Å². The lowest BCUT2D eigenvalue weighted by Gasteiger charge is -2.19. The van der Waals surface area contributed by atoms with E-state index < -0.39 is 35.6 Å². The smallest absolute Gasteiger partial charge is 0.243 e. The van der Waals surface area contributed by atoms with Crippen LogP contribution in [0.2, 0.25) is 0 Å². The number of benzene rings is 1. The fourth-order valence-electron chi connectivity index (χ4n) is 2.19. The maximum atomic E-state index is 13.5. The molecule has 0 spiro atoms. The molecule has 146 valence electrons. The summed E-state index contributed by atoms with van der Waals surface area (Å²) in [6, 6.07) is 5.49. The summed E-state index contributed by atoms with van der Waals surface area (Å²) in [6.45, 7) is 2.80. The van der Waals surface area contributed by atoms with E-state index in [-0.39, 0.29) is 12.5 Å². The largest absolute Gasteiger partial charge is 0.346 e. The molecule has 0 atom stereocenters. The Morgan fingerprint density at radius 3 is 2.48 bits per heavy atom. The molecule has 2 N–H and O–H groups in total. The predicted molar refractivity (Wildman–Crippen MR) is 101 cm³/mol. The van der Waals surface area contributed by atoms with E-state index in [4.69, 9.17) is 0 Å². The van der Waals surface area contributed by atoms with E-state index in [1.807, 2.05) is 24.0 Å². The van der Waals surface area contributed by atoms with E-state index in [0.717, 1.165) is 14.7 Å². The quantitative estimate of drug-likeness (QED) is 0.588. The number of likely N-dealkylation sites (N-methyl/N-ethyl adjacent to an activating group) is 1. The maximum Gasteiger partial charge on any atom is 0.243 e. The Bertz CT molecular complexity index is 832. The topological polar surface area (TPSA) is 61.4 Å². The van der Waals surface area contributed by atoms with Gasteiger partial charge in [-0.2, -0.15) is 0 Å². The van der Waals surface area contributed by atoms with Crippen LogP contribution in [0.25, 0.3) is 0 Å². The number of carbonyl (C=O) groups is 2. The number of hydrogen-bond acceptors (Lipinski definition) is 4. The molecular weight excluding hydrogens is 447 g/mol. The Hall–Kier alpha value is -1.91. The van der Waals surface area contributed by atoms with Gasteiger partial charge in [0.2, 0.25) is 11.8 Å². The molecule has 1 heterocycles. The Balaban J connectivity index is 1.82. The van der Waals surface area contributed by atoms with Crippen molar-refractivity contribution in [2.24, 2.45) is 0 Å². The predicted octanol–water partition coefficient (Wildman–Crippen LogP) is 3.50. The first-order chi connectivity index (χ1) is 12.8. The highest BCUT2D eigenvalue weighted by Crippen LogP contribution is 2.23. The van der Waals surface area contributed by atoms with Crippen LogP contribution in [0.5, 0.6) is 0 Å². The molecule has 1 aromatic heterocycles. The standard InChI is InChI=1S/C17H17BrF3N3O2S/c1-2-24(8-10-3-6-13(18)27-10)9-15(26)22-7-14(25)23-12-5-4-11(19)16(20)17(12)21/h3-6H,2,7-9H2,1H3,(H,22,26)(H,23,25). The number of halogens is 4. The molecule has 27 heavy (non-hydrogen) atoms. The Labute approximate surface area is 166 Å². The lowest BCUT2D eigenvalue weighted by molar-refractivity contribution is -0.125. The first-order valence-electron chi connectivity index (χ1n) is 7.96. The Kier molecular flexibility index (Phi) is 7.81. The van der Waals surface area contributed by atoms with E-state index >= 15 is 0 Å². The number of anilines is 1. The van der Waals surface area contributed by atoms with Gasteiger partial charge in [-0.1, -0.05) is 6.92 Å². The molecule has 0 unspecified atom stereocenters. The molecule has 0 bridgehead atoms. The highest BCUT2D eigenvalue weighted by molar-refractivity contribution is 9.11. The molecule has 0 aliphatic heterocycles. The molecule has 5 nitrogen and oxygen atoms in total. The molecule has 0 aliphatic rings. The molecule has 0 saturated heterocycles. The number of carbonyl (C=O) groups excluding carboxylic acids is 2. The molecule has 1 aromatic carbocycles. The fourth-order valence-corrected chi connectivity index (χ4v) is 3.72. The molecule has 0 radical (unpaired) electrons. The third-order valence-electron chi connectivity index (χ3n) is 3.58. The van der Waals surface area contributed by atoms with Crippen molar-refractivity contribution in [2.75, 3.05) is 25.0 Å². The summed E-state index contributed by atoms with van der Waals surface area (Å²) in [4.78, 5) is 26.8. The van der Waals surface area contributed by atoms with Crippen LogP contribution in [-0.4, -0.2) is 36.3 Å². The van der Waals surface area contributed by atoms with Crippen LogP contribution in [0.3, 0.4) is 0 Å². The van der Waals surface area contributed by atoms with Gasteiger partial charge >= 0.3 is 0 Å². The highest BCUT2D eigenvalue weighted by atomic mass is 79.9. The fraction of sp³-hybridized carbons (Fsp3) is 0.294. The minimum Gasteiger partial charge on any atom is -0.346 e. The average molecular weight is 464 g/mol. The molecule has 0 saturated carbocycles. The minimum atomic E-state index is -1.67. The summed E-state index contributed by atoms with van der Waals surface area (Å²) >= 11 is 4.95. The summed E-state index contributed by atoms with van der Waals surface area (Å²) < 4.78 is 40.5. The van der Waals surface area contributed by atoms with Gasteiger partial charge in [-0.05, 0) is 46.7 Å². The summed E-state index contributed by atoms with van der Waals surface area (Å²) in [5.41, 5.74) is -0.494. The van der Waals surface area contributed by atoms with Crippen LogP contribution >= 0.6 is 27.3 Å². The number of amides is 2. The van der Waals surface area contributed by atoms with Crippen LogP contribution in [0.1, 0.15) is 11.8 Å². The van der Waals surface area contributed by atoms with E-state index in [0.29, 0.717) is 19.2 Å². The monoisotopic (exact) mass is 463 g/mol. The third kappa shape index (κ3) is 6.33. The molecule has 0 aliphatic carbocycles. The molecule has 2 rings (SSSR count). The zero-order valence-corrected chi connectivity index (χ0v) is 16.7. The number of thiophene rings is 1. The lowest BCUT2D eigenvalue weighted by atomic mass is 10.2. The van der Waals surface area contributed by atoms with Gasteiger partial charge in [-0.25, -0.2) is 13.2 Å². The highest BCUT2D eigenvalue weighted by Gasteiger charge is 2.16. The van der Waals surface area contributed by atoms with Crippen LogP contribution in [0.15, 0.2) is 28.1 Å². The van der Waals surface area contributed by atoms with Crippen molar-refractivity contribution in [1.82, 2.24) is 10.2 Å². The van der Waals surface area contributed by atoms with Gasteiger partial charge in [-0.3, -0.25) is 14.5 Å². The first kappa shape index (κ1) is 21.4. The SMILES string of the molecule is CCN(CC(=O)NCC(=O)Nc1ccc(F)c(F)c1F)Cc1ccc(Br)s1. The van der Waals surface area contributed by atoms with Gasteiger partial charge in [-0.15, -0.1) is 11.3 Å². The third-order valence-corrected chi connectivity index (χ3v) is 5.19. The van der Waals surface area contributed by atoms with Crippen molar-refractivity contribution >= 4 is 44.8 Å². The molecule has 2 aromatic rings. The van der Waals surface area contributed by atoms with Gasteiger partial charge in [0.25, 0.3) is 0 Å². The van der Waals surface area contributed by atoms with Gasteiger partial charge < -0.3 is 10.6 Å². The zero-order valence-electron chi connectivity index (χ0n) is 14.3. The van der Waals surface area contributed by atoms with E-state index in [1.165, 1.54) is 0 Å². The average Bonchev–Trinajstić information content (AvgIpc) is 3.04. The van der Waals surface area contributed by atoms with Crippen molar-refractivity contribution in [3.8, 4) is 0 Å². The summed E-state index contributed by atoms with van der Waals surface area (Å²) in [7, 11) is 0. The second-order valence-electron chi connectivity index (χ2n) is 5.56. The van der Waals surface area contributed by atoms with Crippen molar-refractivity contribution < 1.29 is 22.8 Å². The summed E-state index contributed by atoms with van der Waals surface area (Å²) in [5, 5.41) is 4.51. The van der Waals surface area contributed by atoms with Crippen LogP contribution in [0, 0.1) is 17.5 Å². The van der Waals surface area contributed by atoms with Gasteiger partial charge in [0.1, 0.15) is 0 Å². The normalized spacial score (nSPS) is 10.9. The maximum absolute atomic E-state index is 13.5. The Morgan fingerprint density at radius 1 is 1.11 bits per heavy atom. The number of nitrogens with one attached hydrogen (secondary N) is 2. The molecular formula is C17H17BrF3N3O2S. The number of hydrogen-bond donors (Lipinski definition) is 2. The van der Waals surface area contributed by atoms with Gasteiger partial charge in [0.15, 0.2) is 17.5 Å². The minimum absolute atomic E-state index is 0.0822. The van der Waals surface area contributed by atoms with Crippen LogP contribution in [0.4, 0.5) is 18.9 Å². The summed E-state index contributed by atoms with van der Waals surface area (Å²) in [6.07, 6.45) is 0.